The maximum atomic E-state index is 4.23. The van der Waals surface area contributed by atoms with Gasteiger partial charge in [-0.3, -0.25) is 4.99 Å². The summed E-state index contributed by atoms with van der Waals surface area (Å²) in [5.41, 5.74) is 0. The first kappa shape index (κ1) is 10.8. The van der Waals surface area contributed by atoms with E-state index >= 15 is 0 Å². The molecule has 2 saturated carbocycles. The summed E-state index contributed by atoms with van der Waals surface area (Å²) in [6.07, 6.45) is 9.70. The third-order valence-corrected chi connectivity index (χ3v) is 3.46. The molecule has 0 unspecified atom stereocenters. The van der Waals surface area contributed by atoms with E-state index in [0.29, 0.717) is 6.04 Å². The van der Waals surface area contributed by atoms with Crippen molar-refractivity contribution in [1.82, 2.24) is 10.6 Å². The van der Waals surface area contributed by atoms with Gasteiger partial charge in [-0.05, 0) is 25.2 Å². The van der Waals surface area contributed by atoms with E-state index in [1.165, 1.54) is 44.9 Å². The molecule has 2 N–H and O–H groups in total. The van der Waals surface area contributed by atoms with E-state index in [2.05, 4.69) is 15.6 Å². The highest BCUT2D eigenvalue weighted by atomic mass is 15.2. The van der Waals surface area contributed by atoms with Crippen LogP contribution in [0.25, 0.3) is 0 Å². The summed E-state index contributed by atoms with van der Waals surface area (Å²) >= 11 is 0. The molecule has 0 aromatic rings. The van der Waals surface area contributed by atoms with E-state index in [-0.39, 0.29) is 0 Å². The minimum atomic E-state index is 0.697. The van der Waals surface area contributed by atoms with Crippen LogP contribution in [-0.2, 0) is 0 Å². The van der Waals surface area contributed by atoms with Crippen LogP contribution in [0.2, 0.25) is 0 Å². The van der Waals surface area contributed by atoms with Gasteiger partial charge in [-0.25, -0.2) is 0 Å². The van der Waals surface area contributed by atoms with Crippen LogP contribution in [0.4, 0.5) is 0 Å². The molecule has 0 aromatic carbocycles. The van der Waals surface area contributed by atoms with Crippen LogP contribution in [0, 0.1) is 5.92 Å². The van der Waals surface area contributed by atoms with E-state index in [1.807, 2.05) is 7.05 Å². The Morgan fingerprint density at radius 3 is 2.53 bits per heavy atom. The number of rotatable bonds is 4. The zero-order chi connectivity index (χ0) is 10.5. The zero-order valence-corrected chi connectivity index (χ0v) is 9.76. The number of nitrogens with one attached hydrogen (secondary N) is 2. The quantitative estimate of drug-likeness (QED) is 0.548. The number of hydrogen-bond acceptors (Lipinski definition) is 1. The predicted octanol–water partition coefficient (Wildman–Crippen LogP) is 1.89. The van der Waals surface area contributed by atoms with Gasteiger partial charge in [0, 0.05) is 19.6 Å². The molecule has 0 radical (unpaired) electrons. The Morgan fingerprint density at radius 1 is 1.20 bits per heavy atom. The van der Waals surface area contributed by atoms with Crippen molar-refractivity contribution in [3.05, 3.63) is 0 Å². The Morgan fingerprint density at radius 2 is 1.93 bits per heavy atom. The fourth-order valence-electron chi connectivity index (χ4n) is 2.31. The van der Waals surface area contributed by atoms with E-state index in [9.17, 15) is 0 Å². The third-order valence-electron chi connectivity index (χ3n) is 3.46. The molecule has 2 aliphatic rings. The smallest absolute Gasteiger partial charge is 0.191 e. The van der Waals surface area contributed by atoms with Crippen molar-refractivity contribution in [3.63, 3.8) is 0 Å². The molecule has 0 bridgehead atoms. The summed E-state index contributed by atoms with van der Waals surface area (Å²) < 4.78 is 0. The van der Waals surface area contributed by atoms with E-state index in [4.69, 9.17) is 0 Å². The number of aliphatic imine (C=N–C) groups is 1. The molecule has 3 heteroatoms. The molecular formula is C12H23N3. The number of nitrogens with zero attached hydrogens (tertiary/aromatic N) is 1. The van der Waals surface area contributed by atoms with Gasteiger partial charge in [0.05, 0.1) is 0 Å². The molecule has 86 valence electrons. The summed E-state index contributed by atoms with van der Waals surface area (Å²) in [7, 11) is 1.85. The minimum absolute atomic E-state index is 0.697. The van der Waals surface area contributed by atoms with Crippen molar-refractivity contribution >= 4 is 5.96 Å². The molecule has 0 atom stereocenters. The fourth-order valence-corrected chi connectivity index (χ4v) is 2.31. The second kappa shape index (κ2) is 5.38. The molecule has 0 heterocycles. The van der Waals surface area contributed by atoms with E-state index < -0.39 is 0 Å². The molecular weight excluding hydrogens is 186 g/mol. The van der Waals surface area contributed by atoms with Crippen LogP contribution >= 0.6 is 0 Å². The minimum Gasteiger partial charge on any atom is -0.356 e. The van der Waals surface area contributed by atoms with Gasteiger partial charge < -0.3 is 10.6 Å². The zero-order valence-electron chi connectivity index (χ0n) is 9.76. The van der Waals surface area contributed by atoms with Gasteiger partial charge >= 0.3 is 0 Å². The van der Waals surface area contributed by atoms with Crippen molar-refractivity contribution in [3.8, 4) is 0 Å². The van der Waals surface area contributed by atoms with Gasteiger partial charge in [-0.1, -0.05) is 25.7 Å². The molecule has 0 saturated heterocycles. The van der Waals surface area contributed by atoms with E-state index in [0.717, 1.165) is 18.4 Å². The normalized spacial score (nSPS) is 23.1. The summed E-state index contributed by atoms with van der Waals surface area (Å²) in [5.74, 6) is 1.96. The van der Waals surface area contributed by atoms with Crippen molar-refractivity contribution in [2.45, 2.75) is 51.0 Å². The molecule has 15 heavy (non-hydrogen) atoms. The van der Waals surface area contributed by atoms with Crippen LogP contribution in [-0.4, -0.2) is 25.6 Å². The maximum absolute atomic E-state index is 4.23. The monoisotopic (exact) mass is 209 g/mol. The number of guanidine groups is 1. The lowest BCUT2D eigenvalue weighted by Gasteiger charge is -2.13. The highest BCUT2D eigenvalue weighted by Crippen LogP contribution is 2.26. The van der Waals surface area contributed by atoms with E-state index in [1.54, 1.807) is 0 Å². The van der Waals surface area contributed by atoms with Gasteiger partial charge in [-0.15, -0.1) is 0 Å². The van der Waals surface area contributed by atoms with Crippen LogP contribution in [0.15, 0.2) is 4.99 Å². The Kier molecular flexibility index (Phi) is 3.87. The van der Waals surface area contributed by atoms with Gasteiger partial charge in [-0.2, -0.15) is 0 Å². The average Bonchev–Trinajstić information content (AvgIpc) is 2.91. The van der Waals surface area contributed by atoms with Crippen molar-refractivity contribution in [1.29, 1.82) is 0 Å². The molecule has 0 amide bonds. The topological polar surface area (TPSA) is 36.4 Å². The lowest BCUT2D eigenvalue weighted by Crippen LogP contribution is -2.39. The second-order valence-electron chi connectivity index (χ2n) is 4.86. The first-order valence-corrected chi connectivity index (χ1v) is 6.35. The van der Waals surface area contributed by atoms with Crippen molar-refractivity contribution < 1.29 is 0 Å². The Balaban J connectivity index is 1.58. The largest absolute Gasteiger partial charge is 0.356 e. The molecule has 0 aromatic heterocycles. The van der Waals surface area contributed by atoms with Crippen LogP contribution < -0.4 is 10.6 Å². The molecule has 3 nitrogen and oxygen atoms in total. The molecule has 0 aliphatic heterocycles. The fraction of sp³-hybridized carbons (Fsp3) is 0.917. The Hall–Kier alpha value is -0.730. The molecule has 0 spiro atoms. The lowest BCUT2D eigenvalue weighted by molar-refractivity contribution is 0.498. The van der Waals surface area contributed by atoms with Gasteiger partial charge in [0.2, 0.25) is 0 Å². The average molecular weight is 209 g/mol. The summed E-state index contributed by atoms with van der Waals surface area (Å²) in [4.78, 5) is 4.23. The number of hydrogen-bond donors (Lipinski definition) is 2. The second-order valence-corrected chi connectivity index (χ2v) is 4.86. The summed E-state index contributed by atoms with van der Waals surface area (Å²) in [6, 6.07) is 0.697. The van der Waals surface area contributed by atoms with Crippen molar-refractivity contribution in [2.24, 2.45) is 10.9 Å². The van der Waals surface area contributed by atoms with Gasteiger partial charge in [0.25, 0.3) is 0 Å². The highest BCUT2D eigenvalue weighted by Gasteiger charge is 2.22. The van der Waals surface area contributed by atoms with Crippen LogP contribution in [0.1, 0.15) is 44.9 Å². The molecule has 2 fully saturated rings. The van der Waals surface area contributed by atoms with Crippen LogP contribution in [0.5, 0.6) is 0 Å². The molecule has 2 rings (SSSR count). The molecule has 2 aliphatic carbocycles. The Bertz CT molecular complexity index is 215. The van der Waals surface area contributed by atoms with Gasteiger partial charge in [0.15, 0.2) is 5.96 Å². The third kappa shape index (κ3) is 3.73. The van der Waals surface area contributed by atoms with Crippen molar-refractivity contribution in [2.75, 3.05) is 13.6 Å². The lowest BCUT2D eigenvalue weighted by atomic mass is 10.0. The SMILES string of the molecule is CN=C(NCCC1CCCC1)NC1CC1. The van der Waals surface area contributed by atoms with Gasteiger partial charge in [0.1, 0.15) is 0 Å². The first-order valence-electron chi connectivity index (χ1n) is 6.35. The Labute approximate surface area is 92.7 Å². The summed E-state index contributed by atoms with van der Waals surface area (Å²) in [5, 5.41) is 6.81. The highest BCUT2D eigenvalue weighted by molar-refractivity contribution is 5.80. The predicted molar refractivity (Wildman–Crippen MR) is 64.1 cm³/mol. The first-order chi connectivity index (χ1) is 7.38. The standard InChI is InChI=1S/C12H23N3/c1-13-12(15-11-6-7-11)14-9-8-10-4-2-3-5-10/h10-11H,2-9H2,1H3,(H2,13,14,15). The van der Waals surface area contributed by atoms with Crippen LogP contribution in [0.3, 0.4) is 0 Å². The maximum Gasteiger partial charge on any atom is 0.191 e. The summed E-state index contributed by atoms with van der Waals surface area (Å²) in [6.45, 7) is 1.08.